The molecule has 0 bridgehead atoms. The molecule has 0 saturated heterocycles. The van der Waals surface area contributed by atoms with Crippen LogP contribution in [0.5, 0.6) is 0 Å². The number of likely N-dealkylation sites (N-methyl/N-ethyl adjacent to an activating group) is 2. The van der Waals surface area contributed by atoms with E-state index < -0.39 is 55.8 Å². The molecule has 3 aromatic rings. The van der Waals surface area contributed by atoms with Gasteiger partial charge in [0.2, 0.25) is 17.7 Å². The van der Waals surface area contributed by atoms with E-state index in [1.807, 2.05) is 0 Å². The highest BCUT2D eigenvalue weighted by Crippen LogP contribution is 2.62. The van der Waals surface area contributed by atoms with Crippen LogP contribution < -0.4 is 5.32 Å². The third-order valence-electron chi connectivity index (χ3n) is 6.84. The van der Waals surface area contributed by atoms with Gasteiger partial charge < -0.3 is 15.1 Å². The Labute approximate surface area is 264 Å². The maximum absolute atomic E-state index is 14.7. The number of nitrogens with zero attached hydrogens (tertiary/aromatic N) is 2. The number of halogens is 3. The highest BCUT2D eigenvalue weighted by Gasteiger charge is 2.45. The molecule has 14 heteroatoms. The van der Waals surface area contributed by atoms with Crippen LogP contribution in [0.3, 0.4) is 0 Å². The van der Waals surface area contributed by atoms with Gasteiger partial charge in [-0.2, -0.15) is 0 Å². The van der Waals surface area contributed by atoms with Crippen LogP contribution in [0.25, 0.3) is 16.2 Å². The van der Waals surface area contributed by atoms with Crippen molar-refractivity contribution in [3.8, 4) is 0 Å². The lowest BCUT2D eigenvalue weighted by Crippen LogP contribution is -2.35. The number of amides is 3. The number of nitrogens with one attached hydrogen (secondary N) is 1. The number of benzene rings is 2. The Kier molecular flexibility index (Phi) is 13.0. The highest BCUT2D eigenvalue weighted by atomic mass is 35.5. The molecule has 0 radical (unpaired) electrons. The van der Waals surface area contributed by atoms with Crippen LogP contribution in [0.4, 0.5) is 8.78 Å². The first-order valence-electron chi connectivity index (χ1n) is 14.0. The minimum Gasteiger partial charge on any atom is -0.341 e. The molecule has 2 aromatic carbocycles. The molecule has 0 aliphatic rings. The van der Waals surface area contributed by atoms with Crippen LogP contribution in [0.15, 0.2) is 48.0 Å². The second-order valence-electron chi connectivity index (χ2n) is 9.47. The van der Waals surface area contributed by atoms with Crippen molar-refractivity contribution in [2.75, 3.05) is 39.4 Å². The lowest BCUT2D eigenvalue weighted by molar-refractivity contribution is -0.134. The van der Waals surface area contributed by atoms with Crippen molar-refractivity contribution in [1.82, 2.24) is 15.1 Å². The van der Waals surface area contributed by atoms with Crippen molar-refractivity contribution < 1.29 is 36.8 Å². The van der Waals surface area contributed by atoms with Gasteiger partial charge in [-0.15, -0.1) is 11.3 Å². The molecule has 3 amide bonds. The monoisotopic (exact) mass is 669 g/mol. The Hall–Kier alpha value is -3.15. The van der Waals surface area contributed by atoms with Crippen molar-refractivity contribution in [3.05, 3.63) is 75.8 Å². The van der Waals surface area contributed by atoms with Gasteiger partial charge in [0.15, 0.2) is 17.3 Å². The second kappa shape index (κ2) is 16.2. The van der Waals surface area contributed by atoms with Crippen LogP contribution in [0, 0.1) is 11.6 Å². The summed E-state index contributed by atoms with van der Waals surface area (Å²) in [5, 5.41) is 5.00. The third kappa shape index (κ3) is 8.73. The van der Waals surface area contributed by atoms with Gasteiger partial charge in [0, 0.05) is 42.1 Å². The largest absolute Gasteiger partial charge is 0.348 e. The Morgan fingerprint density at radius 1 is 0.932 bits per heavy atom. The van der Waals surface area contributed by atoms with Crippen molar-refractivity contribution in [1.29, 1.82) is 0 Å². The van der Waals surface area contributed by atoms with Crippen molar-refractivity contribution >= 4 is 64.4 Å². The summed E-state index contributed by atoms with van der Waals surface area (Å²) < 4.78 is 53.9. The summed E-state index contributed by atoms with van der Waals surface area (Å²) >= 11 is 7.53. The summed E-state index contributed by atoms with van der Waals surface area (Å²) in [6.45, 7) is 7.24. The molecule has 1 N–H and O–H groups in total. The number of rotatable bonds is 15. The van der Waals surface area contributed by atoms with Crippen LogP contribution >= 0.6 is 30.5 Å². The Morgan fingerprint density at radius 3 is 2.07 bits per heavy atom. The lowest BCUT2D eigenvalue weighted by atomic mass is 10.1. The molecule has 1 unspecified atom stereocenters. The minimum absolute atomic E-state index is 0.249. The number of carbonyl (C=O) groups excluding carboxylic acids is 3. The molecule has 9 nitrogen and oxygen atoms in total. The van der Waals surface area contributed by atoms with Crippen LogP contribution in [-0.2, 0) is 28.0 Å². The zero-order chi connectivity index (χ0) is 32.4. The first-order valence-corrected chi connectivity index (χ1v) is 16.9. The summed E-state index contributed by atoms with van der Waals surface area (Å²) in [7, 11) is -4.64. The average molecular weight is 670 g/mol. The Bertz CT molecular complexity index is 1530. The van der Waals surface area contributed by atoms with Gasteiger partial charge in [-0.05, 0) is 86.0 Å². The molecule has 1 heterocycles. The highest BCUT2D eigenvalue weighted by molar-refractivity contribution is 7.55. The van der Waals surface area contributed by atoms with E-state index in [1.54, 1.807) is 51.3 Å². The van der Waals surface area contributed by atoms with Crippen molar-refractivity contribution in [2.24, 2.45) is 0 Å². The van der Waals surface area contributed by atoms with E-state index in [-0.39, 0.29) is 11.1 Å². The molecule has 0 aliphatic carbocycles. The summed E-state index contributed by atoms with van der Waals surface area (Å²) in [5.74, 6) is -3.91. The standard InChI is InChI=1S/C30H35ClF2N3O6PS/c1-5-35(6-2)27(37)17-41-43(40,42-18-28(38)36(7-3)8-4)29(23-19-44-26-12-10-21(31)16-22(23)26)30(39)34-14-13-20-9-11-24(32)25(33)15-20/h9-16,19,29H,5-8,17-18H2,1-4H3,(H,34,39)/b14-13+. The zero-order valence-corrected chi connectivity index (χ0v) is 27.3. The molecular weight excluding hydrogens is 635 g/mol. The summed E-state index contributed by atoms with van der Waals surface area (Å²) in [5.41, 5.74) is -1.14. The van der Waals surface area contributed by atoms with Gasteiger partial charge in [0.1, 0.15) is 13.2 Å². The SMILES string of the molecule is CCN(CC)C(=O)COP(=O)(OCC(=O)N(CC)CC)C(C(=O)N/C=C/c1ccc(F)c(F)c1)c1csc2ccc(Cl)cc12. The fourth-order valence-corrected chi connectivity index (χ4v) is 7.52. The molecule has 0 saturated carbocycles. The number of hydrogen-bond acceptors (Lipinski definition) is 7. The van der Waals surface area contributed by atoms with E-state index >= 15 is 0 Å². The number of hydrogen-bond donors (Lipinski definition) is 1. The minimum atomic E-state index is -4.64. The number of fused-ring (bicyclic) bond motifs is 1. The first-order chi connectivity index (χ1) is 21.0. The van der Waals surface area contributed by atoms with Crippen LogP contribution in [-0.4, -0.2) is 66.9 Å². The molecule has 238 valence electrons. The second-order valence-corrected chi connectivity index (χ2v) is 12.9. The molecular formula is C30H35ClF2N3O6PS. The third-order valence-corrected chi connectivity index (χ3v) is 10.2. The number of carbonyl (C=O) groups is 3. The van der Waals surface area contributed by atoms with E-state index in [4.69, 9.17) is 20.6 Å². The van der Waals surface area contributed by atoms with Crippen LogP contribution in [0.1, 0.15) is 44.5 Å². The topological polar surface area (TPSA) is 105 Å². The van der Waals surface area contributed by atoms with E-state index in [0.29, 0.717) is 36.6 Å². The Morgan fingerprint density at radius 2 is 1.52 bits per heavy atom. The van der Waals surface area contributed by atoms with Gasteiger partial charge in [-0.25, -0.2) is 8.78 Å². The van der Waals surface area contributed by atoms with Crippen molar-refractivity contribution in [3.63, 3.8) is 0 Å². The van der Waals surface area contributed by atoms with E-state index in [1.165, 1.54) is 39.5 Å². The van der Waals surface area contributed by atoms with Gasteiger partial charge in [-0.3, -0.25) is 28.0 Å². The van der Waals surface area contributed by atoms with Gasteiger partial charge in [-0.1, -0.05) is 17.7 Å². The maximum Gasteiger partial charge on any atom is 0.348 e. The maximum atomic E-state index is 14.7. The molecule has 0 fully saturated rings. The Balaban J connectivity index is 2.07. The molecule has 0 aliphatic heterocycles. The fourth-order valence-electron chi connectivity index (χ4n) is 4.41. The van der Waals surface area contributed by atoms with Crippen molar-refractivity contribution in [2.45, 2.75) is 33.4 Å². The quantitative estimate of drug-likeness (QED) is 0.182. The predicted molar refractivity (Wildman–Crippen MR) is 168 cm³/mol. The fraction of sp³-hybridized carbons (Fsp3) is 0.367. The average Bonchev–Trinajstić information content (AvgIpc) is 3.40. The van der Waals surface area contributed by atoms with E-state index in [9.17, 15) is 27.7 Å². The normalized spacial score (nSPS) is 12.4. The van der Waals surface area contributed by atoms with Crippen LogP contribution in [0.2, 0.25) is 5.02 Å². The summed E-state index contributed by atoms with van der Waals surface area (Å²) in [6, 6.07) is 8.20. The number of thiophene rings is 1. The molecule has 3 rings (SSSR count). The first kappa shape index (κ1) is 35.3. The molecule has 44 heavy (non-hydrogen) atoms. The molecule has 1 atom stereocenters. The molecule has 0 spiro atoms. The van der Waals surface area contributed by atoms with E-state index in [2.05, 4.69) is 5.32 Å². The zero-order valence-electron chi connectivity index (χ0n) is 24.8. The smallest absolute Gasteiger partial charge is 0.341 e. The molecule has 1 aromatic heterocycles. The predicted octanol–water partition coefficient (Wildman–Crippen LogP) is 6.62. The lowest BCUT2D eigenvalue weighted by Gasteiger charge is -2.28. The van der Waals surface area contributed by atoms with Gasteiger partial charge >= 0.3 is 7.60 Å². The van der Waals surface area contributed by atoms with Gasteiger partial charge in [0.25, 0.3) is 0 Å². The summed E-state index contributed by atoms with van der Waals surface area (Å²) in [6.07, 6.45) is 2.50. The van der Waals surface area contributed by atoms with Gasteiger partial charge in [0.05, 0.1) is 0 Å². The summed E-state index contributed by atoms with van der Waals surface area (Å²) in [4.78, 5) is 42.5. The van der Waals surface area contributed by atoms with E-state index in [0.717, 1.165) is 16.8 Å².